The zero-order chi connectivity index (χ0) is 11.8. The van der Waals surface area contributed by atoms with Crippen molar-refractivity contribution in [3.63, 3.8) is 0 Å². The van der Waals surface area contributed by atoms with E-state index < -0.39 is 0 Å². The number of halogens is 1. The molecular weight excluding hydrogens is 219 g/mol. The Balaban J connectivity index is 2.24. The molecule has 0 fully saturated rings. The summed E-state index contributed by atoms with van der Waals surface area (Å²) in [5.41, 5.74) is 2.45. The Labute approximate surface area is 96.2 Å². The highest BCUT2D eigenvalue weighted by Gasteiger charge is 2.04. The van der Waals surface area contributed by atoms with E-state index in [0.29, 0.717) is 0 Å². The van der Waals surface area contributed by atoms with Crippen molar-refractivity contribution >= 4 is 5.65 Å². The van der Waals surface area contributed by atoms with Crippen molar-refractivity contribution < 1.29 is 4.39 Å². The van der Waals surface area contributed by atoms with E-state index in [1.165, 1.54) is 24.3 Å². The van der Waals surface area contributed by atoms with Crippen LogP contribution in [0.2, 0.25) is 0 Å². The minimum absolute atomic E-state index is 0.0440. The van der Waals surface area contributed by atoms with Gasteiger partial charge < -0.3 is 9.38 Å². The SMILES string of the molecule is O=c1ccn2c(-c3ccc(F)cc3)c[nH]c2c1. The summed E-state index contributed by atoms with van der Waals surface area (Å²) in [5, 5.41) is 0. The quantitative estimate of drug-likeness (QED) is 0.682. The van der Waals surface area contributed by atoms with Crippen LogP contribution in [-0.4, -0.2) is 9.38 Å². The lowest BCUT2D eigenvalue weighted by molar-refractivity contribution is 0.628. The largest absolute Gasteiger partial charge is 0.346 e. The van der Waals surface area contributed by atoms with E-state index in [9.17, 15) is 9.18 Å². The zero-order valence-corrected chi connectivity index (χ0v) is 8.85. The number of aromatic amines is 1. The first-order valence-corrected chi connectivity index (χ1v) is 5.20. The Hall–Kier alpha value is -2.36. The topological polar surface area (TPSA) is 37.3 Å². The molecule has 0 aliphatic heterocycles. The van der Waals surface area contributed by atoms with Crippen molar-refractivity contribution in [2.75, 3.05) is 0 Å². The maximum atomic E-state index is 12.8. The van der Waals surface area contributed by atoms with E-state index in [1.54, 1.807) is 24.5 Å². The van der Waals surface area contributed by atoms with Gasteiger partial charge in [-0.2, -0.15) is 0 Å². The molecule has 0 atom stereocenters. The van der Waals surface area contributed by atoms with Crippen LogP contribution in [0.3, 0.4) is 0 Å². The van der Waals surface area contributed by atoms with Gasteiger partial charge in [-0.15, -0.1) is 0 Å². The lowest BCUT2D eigenvalue weighted by Gasteiger charge is -2.01. The monoisotopic (exact) mass is 228 g/mol. The summed E-state index contributed by atoms with van der Waals surface area (Å²) in [4.78, 5) is 14.2. The van der Waals surface area contributed by atoms with Crippen LogP contribution in [-0.2, 0) is 0 Å². The van der Waals surface area contributed by atoms with Gasteiger partial charge in [-0.05, 0) is 24.3 Å². The Kier molecular flexibility index (Phi) is 2.08. The molecule has 3 nitrogen and oxygen atoms in total. The van der Waals surface area contributed by atoms with E-state index in [0.717, 1.165) is 16.9 Å². The molecule has 0 bridgehead atoms. The van der Waals surface area contributed by atoms with E-state index in [-0.39, 0.29) is 11.2 Å². The number of benzene rings is 1. The molecule has 0 amide bonds. The third-order valence-electron chi connectivity index (χ3n) is 2.68. The molecule has 2 aromatic heterocycles. The van der Waals surface area contributed by atoms with Gasteiger partial charge in [-0.25, -0.2) is 4.39 Å². The molecule has 0 radical (unpaired) electrons. The van der Waals surface area contributed by atoms with Crippen LogP contribution in [0.15, 0.2) is 53.6 Å². The molecule has 3 aromatic rings. The highest BCUT2D eigenvalue weighted by atomic mass is 19.1. The highest BCUT2D eigenvalue weighted by molar-refractivity contribution is 5.63. The molecule has 0 aliphatic carbocycles. The molecule has 0 spiro atoms. The van der Waals surface area contributed by atoms with Gasteiger partial charge in [0.15, 0.2) is 5.43 Å². The number of hydrogen-bond donors (Lipinski definition) is 1. The van der Waals surface area contributed by atoms with Crippen molar-refractivity contribution in [1.29, 1.82) is 0 Å². The lowest BCUT2D eigenvalue weighted by Crippen LogP contribution is -1.99. The van der Waals surface area contributed by atoms with Crippen LogP contribution >= 0.6 is 0 Å². The number of hydrogen-bond acceptors (Lipinski definition) is 1. The molecular formula is C13H9FN2O. The first-order chi connectivity index (χ1) is 8.24. The average molecular weight is 228 g/mol. The van der Waals surface area contributed by atoms with Crippen molar-refractivity contribution in [2.45, 2.75) is 0 Å². The molecule has 0 saturated heterocycles. The van der Waals surface area contributed by atoms with E-state index in [2.05, 4.69) is 4.98 Å². The Morgan fingerprint density at radius 1 is 1.12 bits per heavy atom. The molecule has 0 saturated carbocycles. The average Bonchev–Trinajstić information content (AvgIpc) is 2.73. The molecule has 2 heterocycles. The summed E-state index contributed by atoms with van der Waals surface area (Å²) in [5.74, 6) is -0.263. The lowest BCUT2D eigenvalue weighted by atomic mass is 10.2. The van der Waals surface area contributed by atoms with Crippen LogP contribution in [0.5, 0.6) is 0 Å². The molecule has 3 rings (SSSR count). The van der Waals surface area contributed by atoms with Crippen LogP contribution in [0.4, 0.5) is 4.39 Å². The number of imidazole rings is 1. The van der Waals surface area contributed by atoms with Crippen LogP contribution in [0.25, 0.3) is 16.9 Å². The van der Waals surface area contributed by atoms with Crippen LogP contribution in [0.1, 0.15) is 0 Å². The molecule has 0 unspecified atom stereocenters. The van der Waals surface area contributed by atoms with Gasteiger partial charge in [0.1, 0.15) is 11.5 Å². The summed E-state index contributed by atoms with van der Waals surface area (Å²) in [7, 11) is 0. The standard InChI is InChI=1S/C13H9FN2O/c14-10-3-1-9(2-4-10)12-8-15-13-7-11(17)5-6-16(12)13/h1-8,15H. The number of nitrogens with one attached hydrogen (secondary N) is 1. The number of nitrogens with zero attached hydrogens (tertiary/aromatic N) is 1. The van der Waals surface area contributed by atoms with E-state index in [1.807, 2.05) is 4.40 Å². The van der Waals surface area contributed by atoms with Gasteiger partial charge >= 0.3 is 0 Å². The molecule has 0 aliphatic rings. The Morgan fingerprint density at radius 3 is 2.65 bits per heavy atom. The fourth-order valence-corrected chi connectivity index (χ4v) is 1.86. The predicted octanol–water partition coefficient (Wildman–Crippen LogP) is 2.43. The van der Waals surface area contributed by atoms with Gasteiger partial charge in [-0.3, -0.25) is 4.79 Å². The summed E-state index contributed by atoms with van der Waals surface area (Å²) in [6.07, 6.45) is 3.49. The Morgan fingerprint density at radius 2 is 1.88 bits per heavy atom. The normalized spacial score (nSPS) is 10.9. The maximum absolute atomic E-state index is 12.8. The summed E-state index contributed by atoms with van der Waals surface area (Å²) in [6.45, 7) is 0. The van der Waals surface area contributed by atoms with E-state index >= 15 is 0 Å². The third kappa shape index (κ3) is 1.63. The zero-order valence-electron chi connectivity index (χ0n) is 8.85. The molecule has 1 N–H and O–H groups in total. The minimum Gasteiger partial charge on any atom is -0.346 e. The first-order valence-electron chi connectivity index (χ1n) is 5.20. The summed E-state index contributed by atoms with van der Waals surface area (Å²) in [6, 6.07) is 9.25. The van der Waals surface area contributed by atoms with Crippen molar-refractivity contribution in [2.24, 2.45) is 0 Å². The number of pyridine rings is 1. The second-order valence-corrected chi connectivity index (χ2v) is 3.80. The highest BCUT2D eigenvalue weighted by Crippen LogP contribution is 2.20. The number of aromatic nitrogens is 2. The molecule has 84 valence electrons. The van der Waals surface area contributed by atoms with Gasteiger partial charge in [0, 0.05) is 30.1 Å². The van der Waals surface area contributed by atoms with Gasteiger partial charge in [-0.1, -0.05) is 0 Å². The smallest absolute Gasteiger partial charge is 0.183 e. The summed E-state index contributed by atoms with van der Waals surface area (Å²) < 4.78 is 14.7. The van der Waals surface area contributed by atoms with Crippen molar-refractivity contribution in [1.82, 2.24) is 9.38 Å². The number of H-pyrrole nitrogens is 1. The number of rotatable bonds is 1. The van der Waals surface area contributed by atoms with Crippen LogP contribution < -0.4 is 5.43 Å². The van der Waals surface area contributed by atoms with Gasteiger partial charge in [0.2, 0.25) is 0 Å². The minimum atomic E-state index is -0.263. The molecule has 17 heavy (non-hydrogen) atoms. The fourth-order valence-electron chi connectivity index (χ4n) is 1.86. The first kappa shape index (κ1) is 9.84. The van der Waals surface area contributed by atoms with E-state index in [4.69, 9.17) is 0 Å². The Bertz CT molecular complexity index is 725. The fraction of sp³-hybridized carbons (Fsp3) is 0. The molecule has 1 aromatic carbocycles. The van der Waals surface area contributed by atoms with Crippen LogP contribution in [0, 0.1) is 5.82 Å². The van der Waals surface area contributed by atoms with Gasteiger partial charge in [0.25, 0.3) is 0 Å². The maximum Gasteiger partial charge on any atom is 0.183 e. The predicted molar refractivity (Wildman–Crippen MR) is 63.4 cm³/mol. The molecule has 4 heteroatoms. The van der Waals surface area contributed by atoms with Crippen molar-refractivity contribution in [3.05, 3.63) is 64.8 Å². The van der Waals surface area contributed by atoms with Crippen molar-refractivity contribution in [3.8, 4) is 11.3 Å². The third-order valence-corrected chi connectivity index (χ3v) is 2.68. The second kappa shape index (κ2) is 3.59. The summed E-state index contributed by atoms with van der Waals surface area (Å²) >= 11 is 0. The second-order valence-electron chi connectivity index (χ2n) is 3.80. The number of fused-ring (bicyclic) bond motifs is 1. The van der Waals surface area contributed by atoms with Gasteiger partial charge in [0.05, 0.1) is 5.69 Å².